The molecule has 0 atom stereocenters. The van der Waals surface area contributed by atoms with Gasteiger partial charge in [0.15, 0.2) is 11.6 Å². The first-order chi connectivity index (χ1) is 13.7. The van der Waals surface area contributed by atoms with Gasteiger partial charge in [0.1, 0.15) is 5.41 Å². The van der Waals surface area contributed by atoms with Crippen LogP contribution >= 0.6 is 0 Å². The van der Waals surface area contributed by atoms with E-state index in [4.69, 9.17) is 0 Å². The molecule has 0 aromatic heterocycles. The summed E-state index contributed by atoms with van der Waals surface area (Å²) in [6, 6.07) is 27.2. The number of hydrogen-bond acceptors (Lipinski definition) is 4. The Morgan fingerprint density at radius 2 is 0.964 bits per heavy atom. The van der Waals surface area contributed by atoms with Crippen LogP contribution in [0.5, 0.6) is 0 Å². The Morgan fingerprint density at radius 1 is 0.571 bits per heavy atom. The highest BCUT2D eigenvalue weighted by Crippen LogP contribution is 2.42. The van der Waals surface area contributed by atoms with Crippen molar-refractivity contribution in [1.29, 1.82) is 0 Å². The summed E-state index contributed by atoms with van der Waals surface area (Å²) in [6.07, 6.45) is 0. The van der Waals surface area contributed by atoms with Crippen LogP contribution in [0.4, 0.5) is 11.4 Å². The fourth-order valence-corrected chi connectivity index (χ4v) is 4.42. The highest BCUT2D eigenvalue weighted by molar-refractivity contribution is 6.30. The van der Waals surface area contributed by atoms with Crippen molar-refractivity contribution >= 4 is 22.9 Å². The van der Waals surface area contributed by atoms with Gasteiger partial charge in [0.25, 0.3) is 0 Å². The number of ketones is 2. The van der Waals surface area contributed by atoms with E-state index in [-0.39, 0.29) is 11.6 Å². The van der Waals surface area contributed by atoms with Crippen LogP contribution in [0, 0.1) is 5.41 Å². The lowest BCUT2D eigenvalue weighted by molar-refractivity contribution is 0.0699. The van der Waals surface area contributed by atoms with Gasteiger partial charge in [0.05, 0.1) is 6.67 Å². The molecular formula is C24H20N2O2. The molecule has 4 heteroatoms. The summed E-state index contributed by atoms with van der Waals surface area (Å²) < 4.78 is 0. The lowest BCUT2D eigenvalue weighted by Crippen LogP contribution is -2.60. The van der Waals surface area contributed by atoms with Crippen molar-refractivity contribution in [3.05, 3.63) is 96.1 Å². The van der Waals surface area contributed by atoms with E-state index in [0.29, 0.717) is 30.9 Å². The monoisotopic (exact) mass is 368 g/mol. The Kier molecular flexibility index (Phi) is 3.79. The molecule has 3 aromatic carbocycles. The van der Waals surface area contributed by atoms with E-state index in [1.54, 1.807) is 12.1 Å². The Hall–Kier alpha value is -3.40. The fourth-order valence-electron chi connectivity index (χ4n) is 4.42. The first-order valence-corrected chi connectivity index (χ1v) is 9.48. The number of hydrogen-bond donors (Lipinski definition) is 0. The normalized spacial score (nSPS) is 17.9. The predicted molar refractivity (Wildman–Crippen MR) is 110 cm³/mol. The number of rotatable bonds is 2. The lowest BCUT2D eigenvalue weighted by atomic mass is 9.79. The maximum absolute atomic E-state index is 13.5. The number of anilines is 2. The summed E-state index contributed by atoms with van der Waals surface area (Å²) in [4.78, 5) is 31.2. The molecule has 0 saturated carbocycles. The molecule has 4 nitrogen and oxygen atoms in total. The summed E-state index contributed by atoms with van der Waals surface area (Å²) in [6.45, 7) is 1.42. The van der Waals surface area contributed by atoms with E-state index < -0.39 is 5.41 Å². The van der Waals surface area contributed by atoms with Gasteiger partial charge in [0.2, 0.25) is 0 Å². The molecular weight excluding hydrogens is 348 g/mol. The standard InChI is InChI=1S/C24H20N2O2/c27-22-20-13-7-8-14-21(20)23(28)24(22)15-25(18-9-3-1-4-10-18)17-26(16-24)19-11-5-2-6-12-19/h1-14H,15-17H2. The molecule has 1 heterocycles. The fraction of sp³-hybridized carbons (Fsp3) is 0.167. The quantitative estimate of drug-likeness (QED) is 0.640. The average Bonchev–Trinajstić information content (AvgIpc) is 2.97. The summed E-state index contributed by atoms with van der Waals surface area (Å²) in [5, 5.41) is 0. The van der Waals surface area contributed by atoms with Gasteiger partial charge in [-0.1, -0.05) is 60.7 Å². The largest absolute Gasteiger partial charge is 0.352 e. The number of benzene rings is 3. The zero-order valence-electron chi connectivity index (χ0n) is 15.4. The van der Waals surface area contributed by atoms with Crippen LogP contribution in [0.25, 0.3) is 0 Å². The number of carbonyl (C=O) groups is 2. The second-order valence-electron chi connectivity index (χ2n) is 7.49. The Labute approximate surface area is 164 Å². The average molecular weight is 368 g/mol. The smallest absolute Gasteiger partial charge is 0.181 e. The zero-order chi connectivity index (χ0) is 19.1. The van der Waals surface area contributed by atoms with Gasteiger partial charge in [-0.25, -0.2) is 0 Å². The Morgan fingerprint density at radius 3 is 1.39 bits per heavy atom. The van der Waals surface area contributed by atoms with E-state index in [1.807, 2.05) is 72.8 Å². The third-order valence-electron chi connectivity index (χ3n) is 5.79. The number of para-hydroxylation sites is 2. The van der Waals surface area contributed by atoms with E-state index in [0.717, 1.165) is 11.4 Å². The maximum atomic E-state index is 13.5. The minimum absolute atomic E-state index is 0.0605. The molecule has 1 saturated heterocycles. The van der Waals surface area contributed by atoms with Crippen LogP contribution in [0.2, 0.25) is 0 Å². The van der Waals surface area contributed by atoms with E-state index in [1.165, 1.54) is 0 Å². The van der Waals surface area contributed by atoms with E-state index in [2.05, 4.69) is 9.80 Å². The maximum Gasteiger partial charge on any atom is 0.181 e. The van der Waals surface area contributed by atoms with Crippen LogP contribution in [-0.2, 0) is 0 Å². The van der Waals surface area contributed by atoms with Crippen molar-refractivity contribution < 1.29 is 9.59 Å². The molecule has 2 aliphatic rings. The van der Waals surface area contributed by atoms with Gasteiger partial charge >= 0.3 is 0 Å². The lowest BCUT2D eigenvalue weighted by Gasteiger charge is -2.46. The Bertz CT molecular complexity index is 962. The second-order valence-corrected chi connectivity index (χ2v) is 7.49. The molecule has 1 fully saturated rings. The molecule has 0 radical (unpaired) electrons. The minimum atomic E-state index is -1.08. The molecule has 5 rings (SSSR count). The van der Waals surface area contributed by atoms with Crippen molar-refractivity contribution in [1.82, 2.24) is 0 Å². The minimum Gasteiger partial charge on any atom is -0.352 e. The number of Topliss-reactive ketones (excluding diaryl/α,β-unsaturated/α-hetero) is 2. The molecule has 138 valence electrons. The topological polar surface area (TPSA) is 40.6 Å². The molecule has 28 heavy (non-hydrogen) atoms. The third-order valence-corrected chi connectivity index (χ3v) is 5.79. The number of nitrogens with zero attached hydrogens (tertiary/aromatic N) is 2. The highest BCUT2D eigenvalue weighted by atomic mass is 16.2. The van der Waals surface area contributed by atoms with Crippen LogP contribution in [0.15, 0.2) is 84.9 Å². The molecule has 3 aromatic rings. The first kappa shape index (κ1) is 16.8. The summed E-state index contributed by atoms with van der Waals surface area (Å²) >= 11 is 0. The number of fused-ring (bicyclic) bond motifs is 1. The van der Waals surface area contributed by atoms with Crippen LogP contribution in [-0.4, -0.2) is 31.3 Å². The van der Waals surface area contributed by atoms with Gasteiger partial charge in [0, 0.05) is 35.6 Å². The second kappa shape index (κ2) is 6.34. The van der Waals surface area contributed by atoms with Crippen molar-refractivity contribution in [3.63, 3.8) is 0 Å². The summed E-state index contributed by atoms with van der Waals surface area (Å²) in [7, 11) is 0. The molecule has 0 bridgehead atoms. The highest BCUT2D eigenvalue weighted by Gasteiger charge is 2.56. The van der Waals surface area contributed by atoms with Crippen molar-refractivity contribution in [2.75, 3.05) is 29.6 Å². The van der Waals surface area contributed by atoms with Gasteiger partial charge in [-0.2, -0.15) is 0 Å². The van der Waals surface area contributed by atoms with Crippen molar-refractivity contribution in [3.8, 4) is 0 Å². The molecule has 1 spiro atoms. The molecule has 0 N–H and O–H groups in total. The zero-order valence-corrected chi connectivity index (χ0v) is 15.4. The SMILES string of the molecule is O=C1c2ccccc2C(=O)C12CN(c1ccccc1)CN(c1ccccc1)C2. The number of carbonyl (C=O) groups excluding carboxylic acids is 2. The van der Waals surface area contributed by atoms with Crippen LogP contribution in [0.3, 0.4) is 0 Å². The van der Waals surface area contributed by atoms with E-state index in [9.17, 15) is 9.59 Å². The van der Waals surface area contributed by atoms with Gasteiger partial charge < -0.3 is 9.80 Å². The van der Waals surface area contributed by atoms with Crippen molar-refractivity contribution in [2.45, 2.75) is 0 Å². The molecule has 0 unspecified atom stereocenters. The Balaban J connectivity index is 1.62. The van der Waals surface area contributed by atoms with Gasteiger partial charge in [-0.15, -0.1) is 0 Å². The first-order valence-electron chi connectivity index (χ1n) is 9.48. The third kappa shape index (κ3) is 2.45. The summed E-state index contributed by atoms with van der Waals surface area (Å²) in [5.74, 6) is -0.121. The predicted octanol–water partition coefficient (Wildman–Crippen LogP) is 4.04. The van der Waals surface area contributed by atoms with Gasteiger partial charge in [-0.05, 0) is 24.3 Å². The summed E-state index contributed by atoms with van der Waals surface area (Å²) in [5.41, 5.74) is 2.05. The van der Waals surface area contributed by atoms with Crippen LogP contribution < -0.4 is 9.80 Å². The van der Waals surface area contributed by atoms with E-state index >= 15 is 0 Å². The van der Waals surface area contributed by atoms with Crippen molar-refractivity contribution in [2.24, 2.45) is 5.41 Å². The van der Waals surface area contributed by atoms with Gasteiger partial charge in [-0.3, -0.25) is 9.59 Å². The molecule has 1 aliphatic carbocycles. The molecule has 0 amide bonds. The molecule has 1 aliphatic heterocycles. The van der Waals surface area contributed by atoms with Crippen LogP contribution in [0.1, 0.15) is 20.7 Å².